The van der Waals surface area contributed by atoms with Crippen LogP contribution >= 0.6 is 0 Å². The van der Waals surface area contributed by atoms with Crippen LogP contribution in [0, 0.1) is 0 Å². The number of benzene rings is 1. The lowest BCUT2D eigenvalue weighted by molar-refractivity contribution is 0.133. The highest BCUT2D eigenvalue weighted by Gasteiger charge is 2.16. The molecule has 27 heavy (non-hydrogen) atoms. The number of piperidine rings is 1. The van der Waals surface area contributed by atoms with Crippen LogP contribution in [-0.2, 0) is 6.54 Å². The van der Waals surface area contributed by atoms with Gasteiger partial charge in [-0.3, -0.25) is 4.90 Å². The molecule has 0 spiro atoms. The van der Waals surface area contributed by atoms with Gasteiger partial charge in [-0.05, 0) is 57.7 Å². The van der Waals surface area contributed by atoms with Crippen molar-refractivity contribution in [2.75, 3.05) is 73.6 Å². The van der Waals surface area contributed by atoms with E-state index in [0.717, 1.165) is 50.8 Å². The summed E-state index contributed by atoms with van der Waals surface area (Å²) < 4.78 is 11.6. The summed E-state index contributed by atoms with van der Waals surface area (Å²) in [6.07, 6.45) is 2.45. The highest BCUT2D eigenvalue weighted by molar-refractivity contribution is 5.43. The Balaban J connectivity index is 1.44. The summed E-state index contributed by atoms with van der Waals surface area (Å²) in [7, 11) is 6.10. The SMILES string of the molecule is COc1cc(CNC2CCN(C)CC2)ccc1OCCN1CCN(C)CC1. The van der Waals surface area contributed by atoms with Gasteiger partial charge in [-0.1, -0.05) is 6.07 Å². The standard InChI is InChI=1S/C21H36N4O2/c1-23-8-6-19(7-9-23)22-17-18-4-5-20(21(16-18)26-3)27-15-14-25-12-10-24(2)11-13-25/h4-5,16,19,22H,6-15,17H2,1-3H3. The minimum Gasteiger partial charge on any atom is -0.493 e. The number of likely N-dealkylation sites (N-methyl/N-ethyl adjacent to an activating group) is 1. The van der Waals surface area contributed by atoms with E-state index in [-0.39, 0.29) is 0 Å². The molecule has 0 bridgehead atoms. The topological polar surface area (TPSA) is 40.2 Å². The molecule has 6 heteroatoms. The molecule has 0 amide bonds. The summed E-state index contributed by atoms with van der Waals surface area (Å²) in [5, 5.41) is 3.69. The van der Waals surface area contributed by atoms with Crippen LogP contribution in [0.2, 0.25) is 0 Å². The molecule has 2 aliphatic rings. The number of piperazine rings is 1. The Labute approximate surface area is 164 Å². The van der Waals surface area contributed by atoms with Crippen molar-refractivity contribution < 1.29 is 9.47 Å². The van der Waals surface area contributed by atoms with Crippen LogP contribution < -0.4 is 14.8 Å². The van der Waals surface area contributed by atoms with Gasteiger partial charge in [0.1, 0.15) is 6.61 Å². The molecule has 1 N–H and O–H groups in total. The van der Waals surface area contributed by atoms with E-state index in [1.165, 1.54) is 31.5 Å². The molecule has 2 saturated heterocycles. The number of hydrogen-bond acceptors (Lipinski definition) is 6. The van der Waals surface area contributed by atoms with Gasteiger partial charge in [0.15, 0.2) is 11.5 Å². The van der Waals surface area contributed by atoms with E-state index in [4.69, 9.17) is 9.47 Å². The van der Waals surface area contributed by atoms with E-state index in [1.54, 1.807) is 7.11 Å². The Morgan fingerprint density at radius 3 is 2.37 bits per heavy atom. The number of nitrogens with zero attached hydrogens (tertiary/aromatic N) is 3. The molecule has 3 rings (SSSR count). The van der Waals surface area contributed by atoms with Crippen molar-refractivity contribution in [3.63, 3.8) is 0 Å². The molecular formula is C21H36N4O2. The fourth-order valence-corrected chi connectivity index (χ4v) is 3.77. The summed E-state index contributed by atoms with van der Waals surface area (Å²) in [6, 6.07) is 6.92. The van der Waals surface area contributed by atoms with Gasteiger partial charge in [-0.2, -0.15) is 0 Å². The molecule has 0 saturated carbocycles. The minimum absolute atomic E-state index is 0.617. The Bertz CT molecular complexity index is 567. The van der Waals surface area contributed by atoms with Gasteiger partial charge >= 0.3 is 0 Å². The summed E-state index contributed by atoms with van der Waals surface area (Å²) in [6.45, 7) is 9.44. The first-order chi connectivity index (χ1) is 13.1. The molecule has 6 nitrogen and oxygen atoms in total. The quantitative estimate of drug-likeness (QED) is 0.742. The van der Waals surface area contributed by atoms with Gasteiger partial charge in [-0.25, -0.2) is 0 Å². The zero-order valence-electron chi connectivity index (χ0n) is 17.2. The van der Waals surface area contributed by atoms with Gasteiger partial charge in [-0.15, -0.1) is 0 Å². The molecular weight excluding hydrogens is 340 g/mol. The maximum Gasteiger partial charge on any atom is 0.161 e. The molecule has 2 fully saturated rings. The molecule has 2 aliphatic heterocycles. The minimum atomic E-state index is 0.617. The Morgan fingerprint density at radius 2 is 1.67 bits per heavy atom. The maximum atomic E-state index is 6.01. The van der Waals surface area contributed by atoms with Crippen LogP contribution in [0.3, 0.4) is 0 Å². The molecule has 1 aromatic rings. The third-order valence-corrected chi connectivity index (χ3v) is 5.80. The van der Waals surface area contributed by atoms with E-state index in [9.17, 15) is 0 Å². The zero-order valence-corrected chi connectivity index (χ0v) is 17.2. The van der Waals surface area contributed by atoms with E-state index in [1.807, 2.05) is 0 Å². The zero-order chi connectivity index (χ0) is 19.1. The van der Waals surface area contributed by atoms with E-state index in [0.29, 0.717) is 12.6 Å². The average molecular weight is 377 g/mol. The van der Waals surface area contributed by atoms with Crippen molar-refractivity contribution in [1.29, 1.82) is 0 Å². The number of likely N-dealkylation sites (tertiary alicyclic amines) is 1. The first-order valence-electron chi connectivity index (χ1n) is 10.3. The van der Waals surface area contributed by atoms with Crippen LogP contribution in [0.15, 0.2) is 18.2 Å². The lowest BCUT2D eigenvalue weighted by Crippen LogP contribution is -2.45. The van der Waals surface area contributed by atoms with Gasteiger partial charge in [0.25, 0.3) is 0 Å². The van der Waals surface area contributed by atoms with Crippen LogP contribution in [0.25, 0.3) is 0 Å². The van der Waals surface area contributed by atoms with Crippen LogP contribution in [0.5, 0.6) is 11.5 Å². The smallest absolute Gasteiger partial charge is 0.161 e. The van der Waals surface area contributed by atoms with Crippen molar-refractivity contribution in [3.8, 4) is 11.5 Å². The molecule has 1 aromatic carbocycles. The molecule has 0 aliphatic carbocycles. The second-order valence-corrected chi connectivity index (χ2v) is 7.94. The number of rotatable bonds is 8. The largest absolute Gasteiger partial charge is 0.493 e. The number of methoxy groups -OCH3 is 1. The van der Waals surface area contributed by atoms with Crippen LogP contribution in [0.4, 0.5) is 0 Å². The second-order valence-electron chi connectivity index (χ2n) is 7.94. The van der Waals surface area contributed by atoms with Gasteiger partial charge < -0.3 is 24.6 Å². The fraction of sp³-hybridized carbons (Fsp3) is 0.714. The second kappa shape index (κ2) is 10.3. The van der Waals surface area contributed by atoms with Gasteiger partial charge in [0.2, 0.25) is 0 Å². The van der Waals surface area contributed by atoms with Crippen molar-refractivity contribution in [1.82, 2.24) is 20.0 Å². The molecule has 152 valence electrons. The summed E-state index contributed by atoms with van der Waals surface area (Å²) in [5.41, 5.74) is 1.25. The lowest BCUT2D eigenvalue weighted by atomic mass is 10.1. The van der Waals surface area contributed by atoms with E-state index < -0.39 is 0 Å². The monoisotopic (exact) mass is 376 g/mol. The fourth-order valence-electron chi connectivity index (χ4n) is 3.77. The number of hydrogen-bond donors (Lipinski definition) is 1. The molecule has 0 atom stereocenters. The summed E-state index contributed by atoms with van der Waals surface area (Å²) in [4.78, 5) is 7.24. The first-order valence-corrected chi connectivity index (χ1v) is 10.3. The summed E-state index contributed by atoms with van der Waals surface area (Å²) >= 11 is 0. The lowest BCUT2D eigenvalue weighted by Gasteiger charge is -2.32. The summed E-state index contributed by atoms with van der Waals surface area (Å²) in [5.74, 6) is 1.67. The molecule has 0 aromatic heterocycles. The highest BCUT2D eigenvalue weighted by atomic mass is 16.5. The maximum absolute atomic E-state index is 6.01. The van der Waals surface area contributed by atoms with Crippen molar-refractivity contribution in [2.24, 2.45) is 0 Å². The van der Waals surface area contributed by atoms with Crippen molar-refractivity contribution >= 4 is 0 Å². The van der Waals surface area contributed by atoms with Crippen LogP contribution in [0.1, 0.15) is 18.4 Å². The highest BCUT2D eigenvalue weighted by Crippen LogP contribution is 2.28. The Kier molecular flexibility index (Phi) is 7.76. The third kappa shape index (κ3) is 6.35. The molecule has 2 heterocycles. The molecule has 0 unspecified atom stereocenters. The van der Waals surface area contributed by atoms with Crippen molar-refractivity contribution in [3.05, 3.63) is 23.8 Å². The van der Waals surface area contributed by atoms with Crippen molar-refractivity contribution in [2.45, 2.75) is 25.4 Å². The van der Waals surface area contributed by atoms with E-state index >= 15 is 0 Å². The number of ether oxygens (including phenoxy) is 2. The Hall–Kier alpha value is -1.34. The average Bonchev–Trinajstić information content (AvgIpc) is 2.69. The number of nitrogens with one attached hydrogen (secondary N) is 1. The van der Waals surface area contributed by atoms with Crippen LogP contribution in [-0.4, -0.2) is 94.4 Å². The van der Waals surface area contributed by atoms with Gasteiger partial charge in [0.05, 0.1) is 7.11 Å². The predicted molar refractivity (Wildman–Crippen MR) is 110 cm³/mol. The normalized spacial score (nSPS) is 20.7. The van der Waals surface area contributed by atoms with Gasteiger partial charge in [0, 0.05) is 45.3 Å². The third-order valence-electron chi connectivity index (χ3n) is 5.80. The first kappa shape index (κ1) is 20.4. The van der Waals surface area contributed by atoms with E-state index in [2.05, 4.69) is 52.3 Å². The Morgan fingerprint density at radius 1 is 0.963 bits per heavy atom. The molecule has 0 radical (unpaired) electrons. The predicted octanol–water partition coefficient (Wildman–Crippen LogP) is 1.51.